The summed E-state index contributed by atoms with van der Waals surface area (Å²) < 4.78 is 85.3. The summed E-state index contributed by atoms with van der Waals surface area (Å²) in [5.41, 5.74) is 0.213. The van der Waals surface area contributed by atoms with Crippen molar-refractivity contribution in [3.05, 3.63) is 82.8 Å². The highest BCUT2D eigenvalue weighted by molar-refractivity contribution is 6.42. The number of fused-ring (bicyclic) bond motifs is 2. The Balaban J connectivity index is 1.20. The van der Waals surface area contributed by atoms with E-state index in [1.54, 1.807) is 6.21 Å². The summed E-state index contributed by atoms with van der Waals surface area (Å²) in [5.74, 6) is 0.885. The topological polar surface area (TPSA) is 66.3 Å². The fourth-order valence-corrected chi connectivity index (χ4v) is 5.23. The largest absolute Gasteiger partial charge is 0.417 e. The molecule has 3 aliphatic rings. The summed E-state index contributed by atoms with van der Waals surface area (Å²) in [7, 11) is 0. The molecule has 0 bridgehead atoms. The number of aliphatic imine (C=N–C) groups is 3. The highest BCUT2D eigenvalue weighted by Crippen LogP contribution is 2.41. The van der Waals surface area contributed by atoms with Crippen molar-refractivity contribution in [2.24, 2.45) is 15.0 Å². The van der Waals surface area contributed by atoms with E-state index in [-0.39, 0.29) is 30.0 Å². The second kappa shape index (κ2) is 10.3. The number of halogens is 6. The molecule has 1 atom stereocenters. The first-order chi connectivity index (χ1) is 19.6. The van der Waals surface area contributed by atoms with Gasteiger partial charge >= 0.3 is 12.4 Å². The molecule has 6 nitrogen and oxygen atoms in total. The van der Waals surface area contributed by atoms with E-state index < -0.39 is 29.0 Å². The maximum atomic E-state index is 13.6. The van der Waals surface area contributed by atoms with Crippen LogP contribution in [-0.2, 0) is 25.2 Å². The van der Waals surface area contributed by atoms with E-state index in [2.05, 4.69) is 27.2 Å². The van der Waals surface area contributed by atoms with Gasteiger partial charge in [0, 0.05) is 36.5 Å². The van der Waals surface area contributed by atoms with Crippen LogP contribution in [0.5, 0.6) is 0 Å². The number of hydrogen-bond acceptors (Lipinski definition) is 6. The third-order valence-corrected chi connectivity index (χ3v) is 7.22. The molecule has 0 fully saturated rings. The Morgan fingerprint density at radius 3 is 2.59 bits per heavy atom. The maximum absolute atomic E-state index is 13.6. The van der Waals surface area contributed by atoms with Gasteiger partial charge in [-0.3, -0.25) is 4.99 Å². The van der Waals surface area contributed by atoms with Crippen molar-refractivity contribution in [3.63, 3.8) is 0 Å². The lowest BCUT2D eigenvalue weighted by atomic mass is 9.99. The number of alkyl halides is 6. The number of hydrogen-bond donors (Lipinski definition) is 0. The molecule has 4 heterocycles. The van der Waals surface area contributed by atoms with Gasteiger partial charge in [0.1, 0.15) is 17.2 Å². The molecule has 6 rings (SSSR count). The molecular formula is C29H23F6N5O. The first-order valence-electron chi connectivity index (χ1n) is 13.1. The smallest absolute Gasteiger partial charge is 0.361 e. The van der Waals surface area contributed by atoms with E-state index in [0.29, 0.717) is 30.6 Å². The highest BCUT2D eigenvalue weighted by atomic mass is 19.4. The van der Waals surface area contributed by atoms with E-state index in [1.807, 2.05) is 18.2 Å². The Morgan fingerprint density at radius 1 is 0.951 bits per heavy atom. The van der Waals surface area contributed by atoms with E-state index in [9.17, 15) is 26.3 Å². The first-order valence-corrected chi connectivity index (χ1v) is 13.1. The van der Waals surface area contributed by atoms with Crippen molar-refractivity contribution >= 4 is 23.6 Å². The molecule has 0 radical (unpaired) electrons. The molecule has 0 saturated carbocycles. The van der Waals surface area contributed by atoms with Crippen LogP contribution < -0.4 is 4.90 Å². The lowest BCUT2D eigenvalue weighted by Crippen LogP contribution is -2.33. The third kappa shape index (κ3) is 5.55. The number of rotatable bonds is 3. The van der Waals surface area contributed by atoms with E-state index in [1.165, 1.54) is 11.6 Å². The van der Waals surface area contributed by atoms with Crippen LogP contribution in [0.3, 0.4) is 0 Å². The number of anilines is 1. The van der Waals surface area contributed by atoms with Crippen LogP contribution in [0.2, 0.25) is 0 Å². The Morgan fingerprint density at radius 2 is 1.78 bits per heavy atom. The molecule has 0 amide bonds. The fourth-order valence-electron chi connectivity index (χ4n) is 5.23. The second-order valence-corrected chi connectivity index (χ2v) is 10.0. The number of allylic oxidation sites excluding steroid dienone is 2. The van der Waals surface area contributed by atoms with Crippen LogP contribution in [0.4, 0.5) is 32.0 Å². The van der Waals surface area contributed by atoms with Gasteiger partial charge < -0.3 is 9.42 Å². The second-order valence-electron chi connectivity index (χ2n) is 10.0. The molecule has 0 saturated heterocycles. The normalized spacial score (nSPS) is 19.1. The SMILES string of the molecule is FC(F)(F)c1ccc(-c2cc(CC3CCC=C4N=C(N5CCCc6ccccc65)N=C4C=N3)on2)c(C(F)(F)F)c1. The van der Waals surface area contributed by atoms with Crippen molar-refractivity contribution in [2.45, 2.75) is 50.5 Å². The van der Waals surface area contributed by atoms with Gasteiger partial charge in [-0.1, -0.05) is 35.5 Å². The predicted molar refractivity (Wildman–Crippen MR) is 142 cm³/mol. The third-order valence-electron chi connectivity index (χ3n) is 7.22. The molecule has 0 spiro atoms. The van der Waals surface area contributed by atoms with Crippen molar-refractivity contribution in [3.8, 4) is 11.3 Å². The van der Waals surface area contributed by atoms with Crippen LogP contribution in [0.1, 0.15) is 41.7 Å². The van der Waals surface area contributed by atoms with Gasteiger partial charge in [-0.05, 0) is 49.4 Å². The van der Waals surface area contributed by atoms with Gasteiger partial charge in [0.25, 0.3) is 0 Å². The molecule has 2 aromatic carbocycles. The minimum Gasteiger partial charge on any atom is -0.361 e. The summed E-state index contributed by atoms with van der Waals surface area (Å²) in [5, 5.41) is 3.73. The maximum Gasteiger partial charge on any atom is 0.417 e. The molecule has 12 heteroatoms. The van der Waals surface area contributed by atoms with Crippen LogP contribution in [-0.4, -0.2) is 35.6 Å². The predicted octanol–water partition coefficient (Wildman–Crippen LogP) is 7.30. The number of aromatic nitrogens is 1. The van der Waals surface area contributed by atoms with Crippen molar-refractivity contribution in [1.82, 2.24) is 5.16 Å². The van der Waals surface area contributed by atoms with E-state index in [0.717, 1.165) is 36.8 Å². The monoisotopic (exact) mass is 571 g/mol. The van der Waals surface area contributed by atoms with E-state index in [4.69, 9.17) is 14.5 Å². The lowest BCUT2D eigenvalue weighted by molar-refractivity contribution is -0.142. The van der Waals surface area contributed by atoms with E-state index >= 15 is 0 Å². The van der Waals surface area contributed by atoms with Crippen LogP contribution in [0.15, 0.2) is 79.8 Å². The summed E-state index contributed by atoms with van der Waals surface area (Å²) in [6.07, 6.45) is -2.78. The fraction of sp³-hybridized carbons (Fsp3) is 0.310. The molecule has 1 unspecified atom stereocenters. The standard InChI is InChI=1S/C29H23F6N5O/c30-28(31,32)18-10-11-21(22(13-18)29(33,34)35)24-15-20(41-39-24)14-19-7-3-8-23-25(16-36-19)38-27(37-23)40-12-4-6-17-5-1-2-9-26(17)40/h1-2,5,8-11,13,15-16,19H,3-4,6-7,12,14H2. The van der Waals surface area contributed by atoms with Crippen molar-refractivity contribution in [2.75, 3.05) is 11.4 Å². The van der Waals surface area contributed by atoms with Crippen molar-refractivity contribution in [1.29, 1.82) is 0 Å². The quantitative estimate of drug-likeness (QED) is 0.310. The molecule has 0 N–H and O–H groups in total. The first kappa shape index (κ1) is 27.0. The van der Waals surface area contributed by atoms with Crippen LogP contribution in [0, 0.1) is 0 Å². The number of guanidine groups is 1. The lowest BCUT2D eigenvalue weighted by Gasteiger charge is -2.29. The number of benzene rings is 2. The summed E-state index contributed by atoms with van der Waals surface area (Å²) in [6.45, 7) is 0.808. The van der Waals surface area contributed by atoms with Gasteiger partial charge in [-0.2, -0.15) is 26.3 Å². The number of aryl methyl sites for hydroxylation is 1. The average molecular weight is 572 g/mol. The zero-order chi connectivity index (χ0) is 28.8. The van der Waals surface area contributed by atoms with Gasteiger partial charge in [0.15, 0.2) is 0 Å². The molecule has 3 aliphatic heterocycles. The molecule has 1 aromatic heterocycles. The Hall–Kier alpha value is -4.22. The molecule has 3 aromatic rings. The molecule has 212 valence electrons. The summed E-state index contributed by atoms with van der Waals surface area (Å²) >= 11 is 0. The van der Waals surface area contributed by atoms with Gasteiger partial charge in [0.05, 0.1) is 22.9 Å². The summed E-state index contributed by atoms with van der Waals surface area (Å²) in [4.78, 5) is 16.2. The Bertz CT molecular complexity index is 1600. The van der Waals surface area contributed by atoms with Crippen LogP contribution >= 0.6 is 0 Å². The van der Waals surface area contributed by atoms with Gasteiger partial charge in [-0.15, -0.1) is 0 Å². The zero-order valence-corrected chi connectivity index (χ0v) is 21.5. The highest BCUT2D eigenvalue weighted by Gasteiger charge is 2.39. The summed E-state index contributed by atoms with van der Waals surface area (Å²) in [6, 6.07) is 10.7. The number of para-hydroxylation sites is 1. The molecule has 41 heavy (non-hydrogen) atoms. The molecular weight excluding hydrogens is 548 g/mol. The Labute approximate surface area is 230 Å². The minimum absolute atomic E-state index is 0.0911. The van der Waals surface area contributed by atoms with Gasteiger partial charge in [-0.25, -0.2) is 9.98 Å². The average Bonchev–Trinajstić information content (AvgIpc) is 3.55. The van der Waals surface area contributed by atoms with Crippen molar-refractivity contribution < 1.29 is 30.9 Å². The van der Waals surface area contributed by atoms with Gasteiger partial charge in [0.2, 0.25) is 5.96 Å². The van der Waals surface area contributed by atoms with Crippen LogP contribution in [0.25, 0.3) is 11.3 Å². The molecule has 0 aliphatic carbocycles. The number of nitrogens with zero attached hydrogens (tertiary/aromatic N) is 5. The zero-order valence-electron chi connectivity index (χ0n) is 21.5. The minimum atomic E-state index is -5.01. The Kier molecular flexibility index (Phi) is 6.79.